The van der Waals surface area contributed by atoms with Gasteiger partial charge in [-0.05, 0) is 30.7 Å². The maximum Gasteiger partial charge on any atom is 0.389 e. The van der Waals surface area contributed by atoms with Crippen molar-refractivity contribution in [2.24, 2.45) is 0 Å². The number of aromatic carboxylic acids is 1. The Bertz CT molecular complexity index is 546. The van der Waals surface area contributed by atoms with Crippen LogP contribution in [0.4, 0.5) is 13.2 Å². The Kier molecular flexibility index (Phi) is 4.56. The second-order valence-electron chi connectivity index (χ2n) is 3.87. The van der Waals surface area contributed by atoms with Crippen molar-refractivity contribution in [3.05, 3.63) is 29.8 Å². The molecule has 1 rings (SSSR count). The molecule has 0 saturated carbocycles. The molecule has 8 heteroatoms. The summed E-state index contributed by atoms with van der Waals surface area (Å²) in [6.07, 6.45) is -6.07. The van der Waals surface area contributed by atoms with Crippen LogP contribution in [-0.2, 0) is 9.84 Å². The Morgan fingerprint density at radius 2 is 1.68 bits per heavy atom. The van der Waals surface area contributed by atoms with Crippen LogP contribution >= 0.6 is 0 Å². The van der Waals surface area contributed by atoms with Crippen LogP contribution in [0.1, 0.15) is 23.2 Å². The number of carboxylic acids is 1. The minimum Gasteiger partial charge on any atom is -0.478 e. The van der Waals surface area contributed by atoms with Gasteiger partial charge in [-0.25, -0.2) is 13.2 Å². The summed E-state index contributed by atoms with van der Waals surface area (Å²) >= 11 is 0. The van der Waals surface area contributed by atoms with E-state index in [4.69, 9.17) is 5.11 Å². The summed E-state index contributed by atoms with van der Waals surface area (Å²) in [6, 6.07) is 4.34. The topological polar surface area (TPSA) is 71.4 Å². The van der Waals surface area contributed by atoms with Gasteiger partial charge in [0.15, 0.2) is 9.84 Å². The van der Waals surface area contributed by atoms with Gasteiger partial charge in [-0.3, -0.25) is 0 Å². The van der Waals surface area contributed by atoms with Gasteiger partial charge in [0.05, 0.1) is 16.2 Å². The first kappa shape index (κ1) is 15.5. The lowest BCUT2D eigenvalue weighted by atomic mass is 10.2. The van der Waals surface area contributed by atoms with Crippen molar-refractivity contribution in [3.63, 3.8) is 0 Å². The summed E-state index contributed by atoms with van der Waals surface area (Å²) < 4.78 is 59.1. The fourth-order valence-corrected chi connectivity index (χ4v) is 2.70. The minimum absolute atomic E-state index is 0.0887. The summed E-state index contributed by atoms with van der Waals surface area (Å²) in [6.45, 7) is 0. The van der Waals surface area contributed by atoms with Gasteiger partial charge in [-0.1, -0.05) is 0 Å². The van der Waals surface area contributed by atoms with E-state index in [0.717, 1.165) is 24.3 Å². The van der Waals surface area contributed by atoms with E-state index in [-0.39, 0.29) is 10.5 Å². The highest BCUT2D eigenvalue weighted by atomic mass is 32.2. The largest absolute Gasteiger partial charge is 0.478 e. The molecule has 0 unspecified atom stereocenters. The predicted molar refractivity (Wildman–Crippen MR) is 60.7 cm³/mol. The van der Waals surface area contributed by atoms with Crippen molar-refractivity contribution in [2.75, 3.05) is 5.75 Å². The van der Waals surface area contributed by atoms with E-state index in [1.807, 2.05) is 0 Å². The third-order valence-electron chi connectivity index (χ3n) is 2.33. The molecule has 1 aromatic rings. The summed E-state index contributed by atoms with van der Waals surface area (Å²) in [4.78, 5) is 10.4. The van der Waals surface area contributed by atoms with Crippen LogP contribution in [0.25, 0.3) is 0 Å². The van der Waals surface area contributed by atoms with E-state index in [1.165, 1.54) is 0 Å². The summed E-state index contributed by atoms with van der Waals surface area (Å²) in [5.41, 5.74) is -0.0887. The third-order valence-corrected chi connectivity index (χ3v) is 4.15. The monoisotopic (exact) mass is 296 g/mol. The molecule has 0 aliphatic heterocycles. The standard InChI is InChI=1S/C11H11F3O4S/c12-11(13,14)6-1-7-19(17,18)9-4-2-8(3-5-9)10(15)16/h2-5H,1,6-7H2,(H,15,16). The van der Waals surface area contributed by atoms with E-state index in [2.05, 4.69) is 0 Å². The van der Waals surface area contributed by atoms with E-state index in [1.54, 1.807) is 0 Å². The molecule has 1 N–H and O–H groups in total. The van der Waals surface area contributed by atoms with Gasteiger partial charge < -0.3 is 5.11 Å². The molecule has 106 valence electrons. The molecule has 0 radical (unpaired) electrons. The maximum atomic E-state index is 11.9. The molecule has 0 saturated heterocycles. The zero-order chi connectivity index (χ0) is 14.7. The van der Waals surface area contributed by atoms with Crippen LogP contribution in [0.2, 0.25) is 0 Å². The van der Waals surface area contributed by atoms with Crippen molar-refractivity contribution in [1.82, 2.24) is 0 Å². The molecule has 0 spiro atoms. The highest BCUT2D eigenvalue weighted by Gasteiger charge is 2.27. The number of carbonyl (C=O) groups is 1. The molecule has 0 atom stereocenters. The summed E-state index contributed by atoms with van der Waals surface area (Å²) in [5, 5.41) is 8.64. The fourth-order valence-electron chi connectivity index (χ4n) is 1.39. The van der Waals surface area contributed by atoms with Crippen molar-refractivity contribution < 1.29 is 31.5 Å². The number of halogens is 3. The molecular weight excluding hydrogens is 285 g/mol. The molecular formula is C11H11F3O4S. The van der Waals surface area contributed by atoms with E-state index < -0.39 is 40.6 Å². The van der Waals surface area contributed by atoms with Crippen molar-refractivity contribution >= 4 is 15.8 Å². The highest BCUT2D eigenvalue weighted by molar-refractivity contribution is 7.91. The Labute approximate surface area is 107 Å². The average Bonchev–Trinajstić information content (AvgIpc) is 2.27. The first-order chi connectivity index (χ1) is 8.62. The van der Waals surface area contributed by atoms with Gasteiger partial charge >= 0.3 is 12.1 Å². The summed E-state index contributed by atoms with van der Waals surface area (Å²) in [5.74, 6) is -1.83. The average molecular weight is 296 g/mol. The molecule has 0 bridgehead atoms. The smallest absolute Gasteiger partial charge is 0.389 e. The van der Waals surface area contributed by atoms with E-state index in [9.17, 15) is 26.4 Å². The molecule has 0 aromatic heterocycles. The van der Waals surface area contributed by atoms with Crippen LogP contribution in [0.5, 0.6) is 0 Å². The third kappa shape index (κ3) is 4.90. The number of sulfone groups is 1. The van der Waals surface area contributed by atoms with Crippen molar-refractivity contribution in [2.45, 2.75) is 23.9 Å². The van der Waals surface area contributed by atoms with Crippen LogP contribution in [0.15, 0.2) is 29.2 Å². The predicted octanol–water partition coefficient (Wildman–Crippen LogP) is 2.50. The van der Waals surface area contributed by atoms with Gasteiger partial charge in [-0.15, -0.1) is 0 Å². The molecule has 4 nitrogen and oxygen atoms in total. The number of alkyl halides is 3. The molecule has 0 aliphatic carbocycles. The molecule has 19 heavy (non-hydrogen) atoms. The number of hydrogen-bond donors (Lipinski definition) is 1. The van der Waals surface area contributed by atoms with Gasteiger partial charge in [0.25, 0.3) is 0 Å². The van der Waals surface area contributed by atoms with E-state index >= 15 is 0 Å². The molecule has 0 fully saturated rings. The lowest BCUT2D eigenvalue weighted by Gasteiger charge is -2.07. The second kappa shape index (κ2) is 5.60. The highest BCUT2D eigenvalue weighted by Crippen LogP contribution is 2.23. The normalized spacial score (nSPS) is 12.4. The van der Waals surface area contributed by atoms with Gasteiger partial charge in [0.2, 0.25) is 0 Å². The van der Waals surface area contributed by atoms with Crippen LogP contribution < -0.4 is 0 Å². The SMILES string of the molecule is O=C(O)c1ccc(S(=O)(=O)CCCC(F)(F)F)cc1. The van der Waals surface area contributed by atoms with Gasteiger partial charge in [-0.2, -0.15) is 13.2 Å². The number of hydrogen-bond acceptors (Lipinski definition) is 3. The van der Waals surface area contributed by atoms with Crippen LogP contribution in [0.3, 0.4) is 0 Å². The first-order valence-corrected chi connectivity index (χ1v) is 6.90. The Balaban J connectivity index is 2.75. The lowest BCUT2D eigenvalue weighted by Crippen LogP contribution is -2.12. The second-order valence-corrected chi connectivity index (χ2v) is 5.98. The lowest BCUT2D eigenvalue weighted by molar-refractivity contribution is -0.134. The first-order valence-electron chi connectivity index (χ1n) is 5.25. The van der Waals surface area contributed by atoms with Crippen molar-refractivity contribution in [3.8, 4) is 0 Å². The van der Waals surface area contributed by atoms with Gasteiger partial charge in [0.1, 0.15) is 0 Å². The molecule has 1 aromatic carbocycles. The zero-order valence-corrected chi connectivity index (χ0v) is 10.5. The number of carboxylic acid groups (broad SMARTS) is 1. The molecule has 0 heterocycles. The Hall–Kier alpha value is -1.57. The van der Waals surface area contributed by atoms with Gasteiger partial charge in [0, 0.05) is 6.42 Å². The maximum absolute atomic E-state index is 11.9. The van der Waals surface area contributed by atoms with E-state index in [0.29, 0.717) is 0 Å². The molecule has 0 aliphatic rings. The number of benzene rings is 1. The summed E-state index contributed by atoms with van der Waals surface area (Å²) in [7, 11) is -3.82. The fraction of sp³-hybridized carbons (Fsp3) is 0.364. The number of rotatable bonds is 5. The van der Waals surface area contributed by atoms with Crippen molar-refractivity contribution in [1.29, 1.82) is 0 Å². The minimum atomic E-state index is -4.39. The zero-order valence-electron chi connectivity index (χ0n) is 9.64. The van der Waals surface area contributed by atoms with Crippen LogP contribution in [0, 0.1) is 0 Å². The Morgan fingerprint density at radius 3 is 2.11 bits per heavy atom. The van der Waals surface area contributed by atoms with Crippen LogP contribution in [-0.4, -0.2) is 31.4 Å². The molecule has 0 amide bonds. The quantitative estimate of drug-likeness (QED) is 0.906. The Morgan fingerprint density at radius 1 is 1.16 bits per heavy atom.